The number of carbonyl (C=O) groups is 1. The highest BCUT2D eigenvalue weighted by Gasteiger charge is 2.24. The molecule has 4 heterocycles. The Hall–Kier alpha value is -3.45. The minimum Gasteiger partial charge on any atom is -0.376 e. The number of benzene rings is 1. The molecule has 0 bridgehead atoms. The molecule has 0 N–H and O–H groups in total. The molecule has 1 aliphatic heterocycles. The van der Waals surface area contributed by atoms with Crippen molar-refractivity contribution in [2.24, 2.45) is 0 Å². The number of aromatic nitrogens is 4. The normalized spacial score (nSPS) is 16.0. The van der Waals surface area contributed by atoms with Crippen LogP contribution in [0.15, 0.2) is 67.3 Å². The Morgan fingerprint density at radius 2 is 2.03 bits per heavy atom. The van der Waals surface area contributed by atoms with Gasteiger partial charge in [-0.05, 0) is 37.5 Å². The molecule has 1 atom stereocenters. The maximum atomic E-state index is 13.5. The molecule has 5 rings (SSSR count). The van der Waals surface area contributed by atoms with E-state index in [9.17, 15) is 4.79 Å². The molecule has 1 fully saturated rings. The largest absolute Gasteiger partial charge is 0.376 e. The number of imidazole rings is 2. The molecule has 164 valence electrons. The van der Waals surface area contributed by atoms with Crippen LogP contribution < -0.4 is 0 Å². The number of fused-ring (bicyclic) bond motifs is 1. The van der Waals surface area contributed by atoms with Crippen molar-refractivity contribution in [3.05, 3.63) is 78.5 Å². The predicted octanol–water partition coefficient (Wildman–Crippen LogP) is 4.04. The number of hydrogen-bond acceptors (Lipinski definition) is 4. The Morgan fingerprint density at radius 3 is 2.81 bits per heavy atom. The minimum absolute atomic E-state index is 0.0786. The van der Waals surface area contributed by atoms with Gasteiger partial charge in [0.2, 0.25) is 0 Å². The van der Waals surface area contributed by atoms with Crippen LogP contribution in [0.5, 0.6) is 0 Å². The van der Waals surface area contributed by atoms with Crippen LogP contribution in [0, 0.1) is 0 Å². The van der Waals surface area contributed by atoms with E-state index in [0.717, 1.165) is 42.8 Å². The average Bonchev–Trinajstić information content (AvgIpc) is 3.58. The lowest BCUT2D eigenvalue weighted by Crippen LogP contribution is -2.30. The summed E-state index contributed by atoms with van der Waals surface area (Å²) in [6, 6.07) is 15.8. The maximum Gasteiger partial charge on any atom is 0.275 e. The summed E-state index contributed by atoms with van der Waals surface area (Å²) < 4.78 is 9.74. The molecule has 1 aliphatic rings. The molecule has 4 aromatic rings. The minimum atomic E-state index is -0.0786. The number of rotatable bonds is 7. The van der Waals surface area contributed by atoms with Gasteiger partial charge in [-0.2, -0.15) is 0 Å². The zero-order chi connectivity index (χ0) is 21.9. The fraction of sp³-hybridized carbons (Fsp3) is 0.320. The van der Waals surface area contributed by atoms with Gasteiger partial charge in [0.15, 0.2) is 11.5 Å². The highest BCUT2D eigenvalue weighted by Crippen LogP contribution is 2.24. The monoisotopic (exact) mass is 429 g/mol. The van der Waals surface area contributed by atoms with E-state index in [2.05, 4.69) is 4.98 Å². The van der Waals surface area contributed by atoms with Crippen LogP contribution >= 0.6 is 0 Å². The molecule has 0 spiro atoms. The van der Waals surface area contributed by atoms with E-state index < -0.39 is 0 Å². The summed E-state index contributed by atoms with van der Waals surface area (Å²) in [5.41, 5.74) is 3.08. The van der Waals surface area contributed by atoms with Gasteiger partial charge in [-0.15, -0.1) is 0 Å². The average molecular weight is 430 g/mol. The van der Waals surface area contributed by atoms with Gasteiger partial charge in [-0.1, -0.05) is 36.4 Å². The van der Waals surface area contributed by atoms with Crippen molar-refractivity contribution in [2.75, 3.05) is 13.2 Å². The molecule has 0 unspecified atom stereocenters. The Morgan fingerprint density at radius 1 is 1.19 bits per heavy atom. The SMILES string of the molecule is CCN(Cc1ccccc1)C(=O)c1nc(-c2cn(C[C@H]3CCCO3)cn2)n2ccccc12. The van der Waals surface area contributed by atoms with Crippen LogP contribution in [0.25, 0.3) is 17.0 Å². The number of carbonyl (C=O) groups excluding carboxylic acids is 1. The summed E-state index contributed by atoms with van der Waals surface area (Å²) in [6.07, 6.45) is 8.16. The van der Waals surface area contributed by atoms with Crippen LogP contribution in [0.4, 0.5) is 0 Å². The number of hydrogen-bond donors (Lipinski definition) is 0. The predicted molar refractivity (Wildman–Crippen MR) is 122 cm³/mol. The van der Waals surface area contributed by atoms with Crippen molar-refractivity contribution in [2.45, 2.75) is 39.0 Å². The fourth-order valence-corrected chi connectivity index (χ4v) is 4.26. The van der Waals surface area contributed by atoms with E-state index in [1.807, 2.05) is 88.0 Å². The molecule has 7 heteroatoms. The van der Waals surface area contributed by atoms with Gasteiger partial charge in [0.05, 0.1) is 17.9 Å². The van der Waals surface area contributed by atoms with E-state index in [0.29, 0.717) is 24.6 Å². The van der Waals surface area contributed by atoms with Crippen LogP contribution in [0.3, 0.4) is 0 Å². The van der Waals surface area contributed by atoms with Gasteiger partial charge in [0.25, 0.3) is 5.91 Å². The second kappa shape index (κ2) is 8.96. The van der Waals surface area contributed by atoms with Gasteiger partial charge >= 0.3 is 0 Å². The lowest BCUT2D eigenvalue weighted by atomic mass is 10.2. The molecule has 1 aromatic carbocycles. The third kappa shape index (κ3) is 4.03. The number of nitrogens with zero attached hydrogens (tertiary/aromatic N) is 5. The third-order valence-electron chi connectivity index (χ3n) is 5.94. The van der Waals surface area contributed by atoms with E-state index in [4.69, 9.17) is 9.72 Å². The summed E-state index contributed by atoms with van der Waals surface area (Å²) in [7, 11) is 0. The topological polar surface area (TPSA) is 64.7 Å². The molecule has 0 saturated carbocycles. The summed E-state index contributed by atoms with van der Waals surface area (Å²) in [6.45, 7) is 4.76. The lowest BCUT2D eigenvalue weighted by Gasteiger charge is -2.20. The van der Waals surface area contributed by atoms with E-state index in [1.165, 1.54) is 0 Å². The molecule has 1 saturated heterocycles. The van der Waals surface area contributed by atoms with Crippen LogP contribution in [-0.2, 0) is 17.8 Å². The third-order valence-corrected chi connectivity index (χ3v) is 5.94. The summed E-state index contributed by atoms with van der Waals surface area (Å²) in [5, 5.41) is 0. The maximum absolute atomic E-state index is 13.5. The summed E-state index contributed by atoms with van der Waals surface area (Å²) >= 11 is 0. The van der Waals surface area contributed by atoms with Gasteiger partial charge in [0.1, 0.15) is 5.69 Å². The standard InChI is InChI=1S/C25H27N5O2/c1-2-29(15-19-9-4-3-5-10-19)25(31)23-22-12-6-7-13-30(22)24(27-23)21-17-28(18-26-21)16-20-11-8-14-32-20/h3-7,9-10,12-13,17-18,20H,2,8,11,14-16H2,1H3/t20-/m1/s1. The van der Waals surface area contributed by atoms with Crippen molar-refractivity contribution >= 4 is 11.4 Å². The summed E-state index contributed by atoms with van der Waals surface area (Å²) in [5.74, 6) is 0.593. The first-order valence-corrected chi connectivity index (χ1v) is 11.2. The summed E-state index contributed by atoms with van der Waals surface area (Å²) in [4.78, 5) is 24.7. The molecule has 0 radical (unpaired) electrons. The Labute approximate surface area is 187 Å². The molecular weight excluding hydrogens is 402 g/mol. The van der Waals surface area contributed by atoms with E-state index in [-0.39, 0.29) is 12.0 Å². The van der Waals surface area contributed by atoms with Crippen molar-refractivity contribution in [3.8, 4) is 11.5 Å². The zero-order valence-electron chi connectivity index (χ0n) is 18.2. The first kappa shape index (κ1) is 20.5. The highest BCUT2D eigenvalue weighted by atomic mass is 16.5. The van der Waals surface area contributed by atoms with E-state index in [1.54, 1.807) is 0 Å². The Kier molecular flexibility index (Phi) is 5.73. The molecule has 1 amide bonds. The molecule has 0 aliphatic carbocycles. The first-order chi connectivity index (χ1) is 15.7. The van der Waals surface area contributed by atoms with Crippen molar-refractivity contribution < 1.29 is 9.53 Å². The fourth-order valence-electron chi connectivity index (χ4n) is 4.26. The Bertz CT molecular complexity index is 1210. The van der Waals surface area contributed by atoms with Crippen LogP contribution in [0.2, 0.25) is 0 Å². The molecule has 7 nitrogen and oxygen atoms in total. The smallest absolute Gasteiger partial charge is 0.275 e. The van der Waals surface area contributed by atoms with Crippen molar-refractivity contribution in [1.29, 1.82) is 0 Å². The first-order valence-electron chi connectivity index (χ1n) is 11.2. The van der Waals surface area contributed by atoms with Crippen LogP contribution in [0.1, 0.15) is 35.8 Å². The Balaban J connectivity index is 1.46. The van der Waals surface area contributed by atoms with Gasteiger partial charge in [0, 0.05) is 38.6 Å². The van der Waals surface area contributed by atoms with Gasteiger partial charge in [-0.25, -0.2) is 9.97 Å². The van der Waals surface area contributed by atoms with Gasteiger partial charge < -0.3 is 14.2 Å². The number of pyridine rings is 1. The van der Waals surface area contributed by atoms with Gasteiger partial charge in [-0.3, -0.25) is 9.20 Å². The number of ether oxygens (including phenoxy) is 1. The molecule has 32 heavy (non-hydrogen) atoms. The van der Waals surface area contributed by atoms with Crippen molar-refractivity contribution in [3.63, 3.8) is 0 Å². The molecular formula is C25H27N5O2. The van der Waals surface area contributed by atoms with Crippen LogP contribution in [-0.4, -0.2) is 49.0 Å². The number of amides is 1. The van der Waals surface area contributed by atoms with Crippen molar-refractivity contribution in [1.82, 2.24) is 23.8 Å². The zero-order valence-corrected chi connectivity index (χ0v) is 18.2. The van der Waals surface area contributed by atoms with E-state index >= 15 is 0 Å². The lowest BCUT2D eigenvalue weighted by molar-refractivity contribution is 0.0749. The highest BCUT2D eigenvalue weighted by molar-refractivity contribution is 6.00. The molecule has 3 aromatic heterocycles. The second-order valence-electron chi connectivity index (χ2n) is 8.14. The quantitative estimate of drug-likeness (QED) is 0.445. The second-order valence-corrected chi connectivity index (χ2v) is 8.14.